The Morgan fingerprint density at radius 3 is 2.67 bits per heavy atom. The number of aromatic hydroxyl groups is 1. The van der Waals surface area contributed by atoms with E-state index >= 15 is 0 Å². The number of aromatic carboxylic acids is 1. The first kappa shape index (κ1) is 9.26. The second-order valence-electron chi connectivity index (χ2n) is 3.00. The van der Waals surface area contributed by atoms with E-state index in [1.165, 1.54) is 24.4 Å². The van der Waals surface area contributed by atoms with Gasteiger partial charge in [0, 0.05) is 12.3 Å². The van der Waals surface area contributed by atoms with Crippen molar-refractivity contribution < 1.29 is 15.0 Å². The van der Waals surface area contributed by atoms with E-state index in [0.29, 0.717) is 0 Å². The van der Waals surface area contributed by atoms with Gasteiger partial charge >= 0.3 is 5.97 Å². The molecule has 0 saturated heterocycles. The van der Waals surface area contributed by atoms with Crippen molar-refractivity contribution in [2.45, 2.75) is 0 Å². The maximum atomic E-state index is 11.4. The van der Waals surface area contributed by atoms with Gasteiger partial charge in [-0.1, -0.05) is 0 Å². The fourth-order valence-corrected chi connectivity index (χ4v) is 1.43. The van der Waals surface area contributed by atoms with E-state index in [4.69, 9.17) is 5.11 Å². The van der Waals surface area contributed by atoms with Crippen LogP contribution in [0.1, 0.15) is 10.4 Å². The number of carboxylic acids is 1. The van der Waals surface area contributed by atoms with Gasteiger partial charge in [-0.05, 0) is 18.2 Å². The molecule has 5 nitrogen and oxygen atoms in total. The topological polar surface area (TPSA) is 79.0 Å². The van der Waals surface area contributed by atoms with Gasteiger partial charge < -0.3 is 10.2 Å². The van der Waals surface area contributed by atoms with Gasteiger partial charge in [-0.25, -0.2) is 4.79 Å². The number of aromatic nitrogens is 1. The molecule has 2 N–H and O–H groups in total. The first-order valence-electron chi connectivity index (χ1n) is 4.18. The van der Waals surface area contributed by atoms with Crippen molar-refractivity contribution >= 4 is 11.5 Å². The van der Waals surface area contributed by atoms with Crippen molar-refractivity contribution in [3.8, 4) is 5.75 Å². The Bertz CT molecular complexity index is 600. The van der Waals surface area contributed by atoms with Crippen LogP contribution in [-0.4, -0.2) is 20.6 Å². The number of fused-ring (bicyclic) bond motifs is 1. The molecule has 2 rings (SSSR count). The Labute approximate surface area is 83.8 Å². The number of rotatable bonds is 1. The van der Waals surface area contributed by atoms with Crippen LogP contribution in [0, 0.1) is 0 Å². The predicted molar refractivity (Wildman–Crippen MR) is 52.3 cm³/mol. The highest BCUT2D eigenvalue weighted by Crippen LogP contribution is 2.19. The summed E-state index contributed by atoms with van der Waals surface area (Å²) >= 11 is 0. The van der Waals surface area contributed by atoms with Gasteiger partial charge in [0.1, 0.15) is 11.3 Å². The number of carboxylic acid groups (broad SMARTS) is 1. The van der Waals surface area contributed by atoms with E-state index < -0.39 is 5.97 Å². The van der Waals surface area contributed by atoms with Crippen molar-refractivity contribution in [3.05, 3.63) is 46.4 Å². The maximum Gasteiger partial charge on any atom is 0.337 e. The highest BCUT2D eigenvalue weighted by atomic mass is 16.4. The highest BCUT2D eigenvalue weighted by molar-refractivity contribution is 5.97. The van der Waals surface area contributed by atoms with Crippen LogP contribution >= 0.6 is 0 Å². The molecular weight excluding hydrogens is 198 g/mol. The number of hydrogen-bond donors (Lipinski definition) is 2. The van der Waals surface area contributed by atoms with Gasteiger partial charge in [-0.15, -0.1) is 0 Å². The molecule has 2 aromatic heterocycles. The van der Waals surface area contributed by atoms with E-state index in [1.54, 1.807) is 0 Å². The van der Waals surface area contributed by atoms with Crippen molar-refractivity contribution in [2.24, 2.45) is 0 Å². The Kier molecular flexibility index (Phi) is 1.93. The summed E-state index contributed by atoms with van der Waals surface area (Å²) in [4.78, 5) is 22.2. The van der Waals surface area contributed by atoms with E-state index in [9.17, 15) is 14.7 Å². The van der Waals surface area contributed by atoms with Crippen LogP contribution in [0.15, 0.2) is 35.3 Å². The van der Waals surface area contributed by atoms with Gasteiger partial charge in [0.15, 0.2) is 0 Å². The molecule has 0 amide bonds. The molecule has 0 unspecified atom stereocenters. The van der Waals surface area contributed by atoms with Crippen LogP contribution in [0.4, 0.5) is 0 Å². The van der Waals surface area contributed by atoms with Crippen LogP contribution < -0.4 is 5.56 Å². The molecule has 15 heavy (non-hydrogen) atoms. The zero-order valence-electron chi connectivity index (χ0n) is 7.54. The smallest absolute Gasteiger partial charge is 0.337 e. The third-order valence-corrected chi connectivity index (χ3v) is 2.09. The molecule has 2 aromatic rings. The molecule has 0 spiro atoms. The van der Waals surface area contributed by atoms with E-state index in [2.05, 4.69) is 0 Å². The second-order valence-corrected chi connectivity index (χ2v) is 3.00. The molecule has 76 valence electrons. The summed E-state index contributed by atoms with van der Waals surface area (Å²) in [6.07, 6.45) is 1.41. The van der Waals surface area contributed by atoms with Gasteiger partial charge in [0.05, 0.1) is 5.56 Å². The summed E-state index contributed by atoms with van der Waals surface area (Å²) in [5, 5.41) is 18.4. The lowest BCUT2D eigenvalue weighted by molar-refractivity contribution is 0.0698. The average Bonchev–Trinajstić information content (AvgIpc) is 2.19. The number of nitrogens with zero attached hydrogens (tertiary/aromatic N) is 1. The Hall–Kier alpha value is -2.30. The summed E-state index contributed by atoms with van der Waals surface area (Å²) in [7, 11) is 0. The van der Waals surface area contributed by atoms with Crippen LogP contribution in [-0.2, 0) is 0 Å². The lowest BCUT2D eigenvalue weighted by atomic mass is 10.2. The minimum atomic E-state index is -1.19. The monoisotopic (exact) mass is 205 g/mol. The quantitative estimate of drug-likeness (QED) is 0.718. The largest absolute Gasteiger partial charge is 0.506 e. The Balaban J connectivity index is 3.03. The fourth-order valence-electron chi connectivity index (χ4n) is 1.43. The zero-order chi connectivity index (χ0) is 11.0. The number of carbonyl (C=O) groups is 1. The van der Waals surface area contributed by atoms with Gasteiger partial charge in [-0.2, -0.15) is 0 Å². The second kappa shape index (κ2) is 3.13. The summed E-state index contributed by atoms with van der Waals surface area (Å²) in [6.45, 7) is 0. The Morgan fingerprint density at radius 2 is 2.00 bits per heavy atom. The predicted octanol–water partition coefficient (Wildman–Crippen LogP) is 0.703. The van der Waals surface area contributed by atoms with Gasteiger partial charge in [-0.3, -0.25) is 9.20 Å². The van der Waals surface area contributed by atoms with Crippen molar-refractivity contribution in [1.82, 2.24) is 4.40 Å². The minimum absolute atomic E-state index is 0.0116. The van der Waals surface area contributed by atoms with E-state index in [-0.39, 0.29) is 22.4 Å². The van der Waals surface area contributed by atoms with Crippen molar-refractivity contribution in [3.63, 3.8) is 0 Å². The zero-order valence-corrected chi connectivity index (χ0v) is 7.54. The standard InChI is InChI=1S/C10H7NO4/c12-7-2-1-5-11-8(13)4-3-6(9(7)11)10(14)15/h1-5,12H,(H,14,15). The van der Waals surface area contributed by atoms with Crippen LogP contribution in [0.5, 0.6) is 5.75 Å². The SMILES string of the molecule is O=C(O)c1ccc(=O)n2cccc(O)c12. The lowest BCUT2D eigenvalue weighted by Crippen LogP contribution is -2.14. The maximum absolute atomic E-state index is 11.4. The molecule has 0 radical (unpaired) electrons. The molecule has 0 aliphatic heterocycles. The highest BCUT2D eigenvalue weighted by Gasteiger charge is 2.12. The molecule has 2 heterocycles. The van der Waals surface area contributed by atoms with E-state index in [1.807, 2.05) is 0 Å². The molecular formula is C10H7NO4. The minimum Gasteiger partial charge on any atom is -0.506 e. The third kappa shape index (κ3) is 1.34. The number of pyridine rings is 2. The first-order valence-corrected chi connectivity index (χ1v) is 4.18. The van der Waals surface area contributed by atoms with Crippen molar-refractivity contribution in [1.29, 1.82) is 0 Å². The normalized spacial score (nSPS) is 10.4. The molecule has 0 aromatic carbocycles. The molecule has 5 heteroatoms. The molecule has 0 saturated carbocycles. The van der Waals surface area contributed by atoms with Crippen LogP contribution in [0.2, 0.25) is 0 Å². The molecule has 0 bridgehead atoms. The lowest BCUT2D eigenvalue weighted by Gasteiger charge is -2.05. The van der Waals surface area contributed by atoms with Crippen LogP contribution in [0.3, 0.4) is 0 Å². The van der Waals surface area contributed by atoms with Crippen molar-refractivity contribution in [2.75, 3.05) is 0 Å². The summed E-state index contributed by atoms with van der Waals surface area (Å²) in [5.74, 6) is -1.42. The summed E-state index contributed by atoms with van der Waals surface area (Å²) < 4.78 is 1.10. The molecule has 0 atom stereocenters. The number of hydrogen-bond acceptors (Lipinski definition) is 3. The van der Waals surface area contributed by atoms with Gasteiger partial charge in [0.2, 0.25) is 0 Å². The molecule has 0 fully saturated rings. The molecule has 0 aliphatic rings. The summed E-state index contributed by atoms with van der Waals surface area (Å²) in [5.41, 5.74) is -0.476. The summed E-state index contributed by atoms with van der Waals surface area (Å²) in [6, 6.07) is 5.13. The third-order valence-electron chi connectivity index (χ3n) is 2.09. The fraction of sp³-hybridized carbons (Fsp3) is 0. The van der Waals surface area contributed by atoms with E-state index in [0.717, 1.165) is 10.5 Å². The molecule has 0 aliphatic carbocycles. The average molecular weight is 205 g/mol. The van der Waals surface area contributed by atoms with Crippen LogP contribution in [0.25, 0.3) is 5.52 Å². The first-order chi connectivity index (χ1) is 7.11. The Morgan fingerprint density at radius 1 is 1.27 bits per heavy atom. The van der Waals surface area contributed by atoms with Gasteiger partial charge in [0.25, 0.3) is 5.56 Å².